The summed E-state index contributed by atoms with van der Waals surface area (Å²) in [5, 5.41) is 0. The Labute approximate surface area is 49.9 Å². The van der Waals surface area contributed by atoms with Gasteiger partial charge >= 0.3 is 0 Å². The minimum atomic E-state index is 1.44. The summed E-state index contributed by atoms with van der Waals surface area (Å²) in [5.41, 5.74) is 0. The summed E-state index contributed by atoms with van der Waals surface area (Å²) in [6.07, 6.45) is 6.49. The molecule has 0 aromatic heterocycles. The first kappa shape index (κ1) is 9.94. The lowest BCUT2D eigenvalue weighted by molar-refractivity contribution is 0.373. The van der Waals surface area contributed by atoms with Crippen molar-refractivity contribution in [2.24, 2.45) is 4.99 Å². The molecule has 0 spiro atoms. The van der Waals surface area contributed by atoms with Gasteiger partial charge in [-0.15, -0.1) is 0 Å². The first-order valence-electron chi connectivity index (χ1n) is 1.93. The van der Waals surface area contributed by atoms with Crippen LogP contribution in [0, 0.1) is 12.5 Å². The van der Waals surface area contributed by atoms with Gasteiger partial charge in [-0.25, -0.2) is 4.99 Å². The second-order valence-electron chi connectivity index (χ2n) is 0.704. The average molecular weight is 111 g/mol. The zero-order valence-electron chi connectivity index (χ0n) is 5.14. The summed E-state index contributed by atoms with van der Waals surface area (Å²) < 4.78 is 4.07. The first-order chi connectivity index (χ1) is 3.83. The normalized spacial score (nSPS) is 4.12. The summed E-state index contributed by atoms with van der Waals surface area (Å²) in [6.45, 7) is 3.19. The van der Waals surface area contributed by atoms with Crippen LogP contribution in [-0.2, 0) is 4.74 Å². The van der Waals surface area contributed by atoms with Crippen LogP contribution in [0.3, 0.4) is 0 Å². The Kier molecular flexibility index (Phi) is 21.1. The van der Waals surface area contributed by atoms with Crippen molar-refractivity contribution in [1.29, 1.82) is 0 Å². The van der Waals surface area contributed by atoms with E-state index in [1.54, 1.807) is 7.05 Å². The molecule has 8 heavy (non-hydrogen) atoms. The molecule has 0 heterocycles. The van der Waals surface area contributed by atoms with Crippen molar-refractivity contribution in [3.05, 3.63) is 6.58 Å². The van der Waals surface area contributed by atoms with Gasteiger partial charge in [0, 0.05) is 7.05 Å². The highest BCUT2D eigenvalue weighted by molar-refractivity contribution is 5.45. The van der Waals surface area contributed by atoms with Gasteiger partial charge in [-0.1, -0.05) is 6.42 Å². The van der Waals surface area contributed by atoms with Crippen molar-refractivity contribution in [3.8, 4) is 12.5 Å². The Morgan fingerprint density at radius 3 is 2.00 bits per heavy atom. The minimum absolute atomic E-state index is 1.44. The number of hydrogen-bond donors (Lipinski definition) is 0. The van der Waals surface area contributed by atoms with Gasteiger partial charge in [0.15, 0.2) is 0 Å². The molecule has 0 saturated heterocycles. The van der Waals surface area contributed by atoms with Gasteiger partial charge < -0.3 is 4.74 Å². The third-order valence-corrected chi connectivity index (χ3v) is 0.276. The number of nitrogens with zero attached hydrogens (tertiary/aromatic N) is 1. The van der Waals surface area contributed by atoms with Crippen LogP contribution in [0.15, 0.2) is 11.6 Å². The molecule has 0 unspecified atom stereocenters. The maximum atomic E-state index is 4.56. The Morgan fingerprint density at radius 2 is 2.00 bits per heavy atom. The van der Waals surface area contributed by atoms with E-state index in [1.807, 2.05) is 6.11 Å². The summed E-state index contributed by atoms with van der Waals surface area (Å²) in [7, 11) is 3.08. The fourth-order valence-corrected chi connectivity index (χ4v) is 0. The predicted octanol–water partition coefficient (Wildman–Crippen LogP) is 0.695. The van der Waals surface area contributed by atoms with Crippen molar-refractivity contribution in [1.82, 2.24) is 0 Å². The molecule has 0 atom stereocenters. The van der Waals surface area contributed by atoms with Crippen LogP contribution in [0.25, 0.3) is 0 Å². The van der Waals surface area contributed by atoms with Gasteiger partial charge in [0.05, 0.1) is 7.11 Å². The van der Waals surface area contributed by atoms with Crippen LogP contribution in [0.4, 0.5) is 0 Å². The second-order valence-corrected chi connectivity index (χ2v) is 0.704. The molecular weight excluding hydrogens is 102 g/mol. The largest absolute Gasteiger partial charge is 0.450 e. The van der Waals surface area contributed by atoms with Gasteiger partial charge in [0.1, 0.15) is 6.11 Å². The quantitative estimate of drug-likeness (QED) is 0.333. The molecule has 0 rings (SSSR count). The van der Waals surface area contributed by atoms with E-state index < -0.39 is 0 Å². The molecule has 0 amide bonds. The predicted molar refractivity (Wildman–Crippen MR) is 34.8 cm³/mol. The molecule has 44 valence electrons. The van der Waals surface area contributed by atoms with Crippen molar-refractivity contribution < 1.29 is 4.74 Å². The molecule has 0 aromatic carbocycles. The van der Waals surface area contributed by atoms with Crippen LogP contribution >= 0.6 is 0 Å². The number of terminal acetylenes is 1. The Hall–Kier alpha value is -1.19. The summed E-state index contributed by atoms with van der Waals surface area (Å²) in [6, 6.07) is 0. The molecule has 2 heteroatoms. The zero-order chi connectivity index (χ0) is 6.83. The lowest BCUT2D eigenvalue weighted by Crippen LogP contribution is -1.55. The van der Waals surface area contributed by atoms with E-state index in [0.717, 1.165) is 0 Å². The van der Waals surface area contributed by atoms with E-state index in [2.05, 4.69) is 28.6 Å². The van der Waals surface area contributed by atoms with Crippen LogP contribution in [-0.4, -0.2) is 20.0 Å². The molecule has 0 fully saturated rings. The molecule has 0 saturated carbocycles. The van der Waals surface area contributed by atoms with Gasteiger partial charge in [-0.05, 0) is 12.4 Å². The van der Waals surface area contributed by atoms with Crippen molar-refractivity contribution in [3.63, 3.8) is 0 Å². The fraction of sp³-hybridized carbons (Fsp3) is 0.333. The third-order valence-electron chi connectivity index (χ3n) is 0.276. The Bertz CT molecular complexity index is 106. The smallest absolute Gasteiger partial charge is 0.106 e. The summed E-state index contributed by atoms with van der Waals surface area (Å²) in [4.78, 5) is 3.38. The van der Waals surface area contributed by atoms with Gasteiger partial charge in [0.2, 0.25) is 0 Å². The van der Waals surface area contributed by atoms with E-state index >= 15 is 0 Å². The first-order valence-corrected chi connectivity index (χ1v) is 1.93. The molecular formula is C6H9NO. The number of aliphatic imine (C=N–C) groups is 1. The summed E-state index contributed by atoms with van der Waals surface area (Å²) >= 11 is 0. The Balaban J connectivity index is 0. The third kappa shape index (κ3) is 106. The molecule has 0 N–H and O–H groups in total. The molecule has 0 aromatic rings. The van der Waals surface area contributed by atoms with Crippen LogP contribution in [0.5, 0.6) is 0 Å². The van der Waals surface area contributed by atoms with Gasteiger partial charge in [-0.2, -0.15) is 0 Å². The van der Waals surface area contributed by atoms with Crippen LogP contribution in [0.2, 0.25) is 0 Å². The monoisotopic (exact) mass is 111 g/mol. The highest BCUT2D eigenvalue weighted by Crippen LogP contribution is 1.41. The maximum absolute atomic E-state index is 4.56. The topological polar surface area (TPSA) is 21.6 Å². The number of methoxy groups -OCH3 is 1. The molecule has 2 nitrogen and oxygen atoms in total. The van der Waals surface area contributed by atoms with E-state index in [-0.39, 0.29) is 0 Å². The van der Waals surface area contributed by atoms with E-state index in [9.17, 15) is 0 Å². The molecule has 0 radical (unpaired) electrons. The highest BCUT2D eigenvalue weighted by Gasteiger charge is 1.34. The standard InChI is InChI=1S/C3H5N.C3H4O/c2*1-3-4-2/h1H2,2H3;1H,2H3. The lowest BCUT2D eigenvalue weighted by atomic mass is 11.1. The van der Waals surface area contributed by atoms with E-state index in [0.29, 0.717) is 0 Å². The van der Waals surface area contributed by atoms with Gasteiger partial charge in [-0.3, -0.25) is 0 Å². The highest BCUT2D eigenvalue weighted by atomic mass is 16.5. The second kappa shape index (κ2) is 17.0. The van der Waals surface area contributed by atoms with Crippen LogP contribution in [0.1, 0.15) is 0 Å². The molecule has 0 aliphatic carbocycles. The number of rotatable bonds is 0. The van der Waals surface area contributed by atoms with Crippen molar-refractivity contribution in [2.75, 3.05) is 14.2 Å². The van der Waals surface area contributed by atoms with E-state index in [4.69, 9.17) is 0 Å². The van der Waals surface area contributed by atoms with Crippen molar-refractivity contribution >= 4 is 5.87 Å². The molecule has 0 aliphatic rings. The SMILES string of the molecule is C#COC.C=C=NC. The zero-order valence-corrected chi connectivity index (χ0v) is 5.14. The molecule has 0 aliphatic heterocycles. The number of hydrogen-bond acceptors (Lipinski definition) is 2. The average Bonchev–Trinajstić information content (AvgIpc) is 1.88. The lowest BCUT2D eigenvalue weighted by Gasteiger charge is -1.66. The van der Waals surface area contributed by atoms with Crippen LogP contribution < -0.4 is 0 Å². The molecule has 0 bridgehead atoms. The minimum Gasteiger partial charge on any atom is -0.450 e. The Morgan fingerprint density at radius 1 is 1.75 bits per heavy atom. The summed E-state index contributed by atoms with van der Waals surface area (Å²) in [5.74, 6) is 2.31. The van der Waals surface area contributed by atoms with Crippen molar-refractivity contribution in [2.45, 2.75) is 0 Å². The van der Waals surface area contributed by atoms with E-state index in [1.165, 1.54) is 7.11 Å². The number of ether oxygens (including phenoxy) is 1. The maximum Gasteiger partial charge on any atom is 0.106 e. The van der Waals surface area contributed by atoms with Gasteiger partial charge in [0.25, 0.3) is 0 Å². The fourth-order valence-electron chi connectivity index (χ4n) is 0.